The number of likely N-dealkylation sites (tertiary alicyclic amines) is 1. The second-order valence-electron chi connectivity index (χ2n) is 4.82. The van der Waals surface area contributed by atoms with Gasteiger partial charge < -0.3 is 9.47 Å². The Bertz CT molecular complexity index is 429. The van der Waals surface area contributed by atoms with Crippen LogP contribution in [0.5, 0.6) is 0 Å². The second kappa shape index (κ2) is 6.81. The number of carbonyl (C=O) groups excluding carboxylic acids is 1. The third-order valence-electron chi connectivity index (χ3n) is 3.72. The first-order chi connectivity index (χ1) is 9.71. The largest absolute Gasteiger partial charge is 0.377 e. The molecule has 0 saturated carbocycles. The lowest BCUT2D eigenvalue weighted by atomic mass is 10.1. The first-order valence-corrected chi connectivity index (χ1v) is 6.56. The maximum atomic E-state index is 12.1. The highest BCUT2D eigenvalue weighted by Crippen LogP contribution is 2.27. The van der Waals surface area contributed by atoms with Crippen LogP contribution in [0.25, 0.3) is 0 Å². The number of ether oxygens (including phenoxy) is 2. The Kier molecular flexibility index (Phi) is 5.08. The lowest BCUT2D eigenvalue weighted by Crippen LogP contribution is -2.43. The quantitative estimate of drug-likeness (QED) is 0.453. The van der Waals surface area contributed by atoms with E-state index in [-0.39, 0.29) is 18.1 Å². The van der Waals surface area contributed by atoms with Crippen molar-refractivity contribution in [1.29, 1.82) is 0 Å². The van der Waals surface area contributed by atoms with Crippen LogP contribution in [-0.2, 0) is 14.3 Å². The van der Waals surface area contributed by atoms with Crippen LogP contribution in [0.1, 0.15) is 11.6 Å². The molecule has 1 saturated heterocycles. The van der Waals surface area contributed by atoms with Gasteiger partial charge in [0.2, 0.25) is 0 Å². The monoisotopic (exact) mass is 279 g/mol. The average Bonchev–Trinajstić information content (AvgIpc) is 2.91. The van der Waals surface area contributed by atoms with Crippen molar-refractivity contribution in [2.75, 3.05) is 27.3 Å². The lowest BCUT2D eigenvalue weighted by Gasteiger charge is -2.26. The molecular formula is C14H21N3O3. The normalized spacial score (nSPS) is 24.6. The molecule has 1 aliphatic heterocycles. The van der Waals surface area contributed by atoms with E-state index in [2.05, 4.69) is 5.43 Å². The zero-order valence-electron chi connectivity index (χ0n) is 11.8. The minimum Gasteiger partial charge on any atom is -0.377 e. The Hall–Kier alpha value is -1.47. The average molecular weight is 279 g/mol. The molecule has 1 aromatic carbocycles. The van der Waals surface area contributed by atoms with E-state index in [1.54, 1.807) is 14.2 Å². The fourth-order valence-corrected chi connectivity index (χ4v) is 2.68. The molecule has 0 radical (unpaired) electrons. The van der Waals surface area contributed by atoms with Crippen molar-refractivity contribution in [2.24, 2.45) is 5.84 Å². The van der Waals surface area contributed by atoms with Crippen molar-refractivity contribution in [3.63, 3.8) is 0 Å². The van der Waals surface area contributed by atoms with Gasteiger partial charge in [0.05, 0.1) is 12.2 Å². The van der Waals surface area contributed by atoms with Crippen molar-refractivity contribution in [3.8, 4) is 0 Å². The Morgan fingerprint density at radius 1 is 1.25 bits per heavy atom. The van der Waals surface area contributed by atoms with E-state index in [9.17, 15) is 4.79 Å². The molecule has 20 heavy (non-hydrogen) atoms. The Labute approximate surface area is 118 Å². The number of nitrogens with two attached hydrogens (primary N) is 1. The predicted molar refractivity (Wildman–Crippen MR) is 74.7 cm³/mol. The Morgan fingerprint density at radius 3 is 2.25 bits per heavy atom. The van der Waals surface area contributed by atoms with Crippen LogP contribution in [0, 0.1) is 0 Å². The van der Waals surface area contributed by atoms with Crippen molar-refractivity contribution in [3.05, 3.63) is 35.9 Å². The van der Waals surface area contributed by atoms with Gasteiger partial charge >= 0.3 is 0 Å². The van der Waals surface area contributed by atoms with Crippen LogP contribution in [0.2, 0.25) is 0 Å². The van der Waals surface area contributed by atoms with Gasteiger partial charge in [-0.25, -0.2) is 5.84 Å². The highest BCUT2D eigenvalue weighted by atomic mass is 16.5. The van der Waals surface area contributed by atoms with Crippen molar-refractivity contribution >= 4 is 5.91 Å². The summed E-state index contributed by atoms with van der Waals surface area (Å²) in [7, 11) is 3.31. The molecule has 0 aromatic heterocycles. The van der Waals surface area contributed by atoms with Crippen LogP contribution >= 0.6 is 0 Å². The number of benzene rings is 1. The SMILES string of the molecule is COC1CN(C(C(=O)NN)c2ccccc2)CC1OC. The molecule has 6 heteroatoms. The number of carbonyl (C=O) groups is 1. The number of hydrogen-bond acceptors (Lipinski definition) is 5. The number of hydrogen-bond donors (Lipinski definition) is 2. The predicted octanol–water partition coefficient (Wildman–Crippen LogP) is 0.0632. The van der Waals surface area contributed by atoms with E-state index in [4.69, 9.17) is 15.3 Å². The van der Waals surface area contributed by atoms with E-state index in [1.165, 1.54) is 0 Å². The van der Waals surface area contributed by atoms with E-state index in [0.717, 1.165) is 5.56 Å². The van der Waals surface area contributed by atoms with Gasteiger partial charge in [-0.3, -0.25) is 15.1 Å². The molecule has 1 heterocycles. The van der Waals surface area contributed by atoms with Crippen LogP contribution in [0.3, 0.4) is 0 Å². The van der Waals surface area contributed by atoms with Crippen LogP contribution in [-0.4, -0.2) is 50.3 Å². The van der Waals surface area contributed by atoms with E-state index in [1.807, 2.05) is 35.2 Å². The van der Waals surface area contributed by atoms with Crippen LogP contribution in [0.4, 0.5) is 0 Å². The molecule has 0 spiro atoms. The van der Waals surface area contributed by atoms with Crippen molar-refractivity contribution in [1.82, 2.24) is 10.3 Å². The summed E-state index contributed by atoms with van der Waals surface area (Å²) in [6, 6.07) is 9.14. The summed E-state index contributed by atoms with van der Waals surface area (Å²) in [5, 5.41) is 0. The fraction of sp³-hybridized carbons (Fsp3) is 0.500. The number of methoxy groups -OCH3 is 2. The zero-order valence-corrected chi connectivity index (χ0v) is 11.8. The molecule has 3 atom stereocenters. The van der Waals surface area contributed by atoms with Crippen LogP contribution < -0.4 is 11.3 Å². The number of amides is 1. The third kappa shape index (κ3) is 2.99. The minimum atomic E-state index is -0.431. The van der Waals surface area contributed by atoms with Gasteiger partial charge in [0, 0.05) is 27.3 Å². The standard InChI is InChI=1S/C14H21N3O3/c1-19-11-8-17(9-12(11)20-2)13(14(18)16-15)10-6-4-3-5-7-10/h3-7,11-13H,8-9,15H2,1-2H3,(H,16,18). The molecule has 1 amide bonds. The highest BCUT2D eigenvalue weighted by Gasteiger charge is 2.39. The highest BCUT2D eigenvalue weighted by molar-refractivity contribution is 5.82. The van der Waals surface area contributed by atoms with Gasteiger partial charge in [-0.15, -0.1) is 0 Å². The summed E-state index contributed by atoms with van der Waals surface area (Å²) >= 11 is 0. The smallest absolute Gasteiger partial charge is 0.255 e. The second-order valence-corrected chi connectivity index (χ2v) is 4.82. The van der Waals surface area contributed by atoms with Gasteiger partial charge in [-0.1, -0.05) is 30.3 Å². The maximum Gasteiger partial charge on any atom is 0.255 e. The molecule has 0 bridgehead atoms. The Morgan fingerprint density at radius 2 is 1.80 bits per heavy atom. The molecule has 3 unspecified atom stereocenters. The number of nitrogens with zero attached hydrogens (tertiary/aromatic N) is 1. The van der Waals surface area contributed by atoms with E-state index in [0.29, 0.717) is 13.1 Å². The minimum absolute atomic E-state index is 0.0446. The summed E-state index contributed by atoms with van der Waals surface area (Å²) < 4.78 is 10.8. The first kappa shape index (κ1) is 14.9. The maximum absolute atomic E-state index is 12.1. The van der Waals surface area contributed by atoms with Crippen molar-refractivity contribution in [2.45, 2.75) is 18.2 Å². The lowest BCUT2D eigenvalue weighted by molar-refractivity contribution is -0.126. The zero-order chi connectivity index (χ0) is 14.5. The summed E-state index contributed by atoms with van der Waals surface area (Å²) in [6.45, 7) is 1.25. The van der Waals surface area contributed by atoms with Crippen molar-refractivity contribution < 1.29 is 14.3 Å². The molecule has 0 aliphatic carbocycles. The number of rotatable bonds is 5. The molecule has 1 aliphatic rings. The third-order valence-corrected chi connectivity index (χ3v) is 3.72. The molecule has 110 valence electrons. The number of hydrazine groups is 1. The van der Waals surface area contributed by atoms with E-state index >= 15 is 0 Å². The fourth-order valence-electron chi connectivity index (χ4n) is 2.68. The van der Waals surface area contributed by atoms with Gasteiger partial charge in [0.15, 0.2) is 0 Å². The summed E-state index contributed by atoms with van der Waals surface area (Å²) in [5.41, 5.74) is 3.15. The summed E-state index contributed by atoms with van der Waals surface area (Å²) in [5.74, 6) is 5.09. The van der Waals surface area contributed by atoms with Crippen LogP contribution in [0.15, 0.2) is 30.3 Å². The first-order valence-electron chi connectivity index (χ1n) is 6.56. The topological polar surface area (TPSA) is 76.8 Å². The summed E-state index contributed by atoms with van der Waals surface area (Å²) in [6.07, 6.45) is -0.0893. The van der Waals surface area contributed by atoms with Gasteiger partial charge in [0.1, 0.15) is 6.04 Å². The molecule has 3 N–H and O–H groups in total. The molecule has 2 rings (SSSR count). The number of nitrogens with one attached hydrogen (secondary N) is 1. The van der Waals surface area contributed by atoms with Gasteiger partial charge in [0.25, 0.3) is 5.91 Å². The van der Waals surface area contributed by atoms with Gasteiger partial charge in [-0.2, -0.15) is 0 Å². The van der Waals surface area contributed by atoms with E-state index < -0.39 is 6.04 Å². The summed E-state index contributed by atoms with van der Waals surface area (Å²) in [4.78, 5) is 14.2. The molecule has 1 fully saturated rings. The Balaban J connectivity index is 2.23. The molecular weight excluding hydrogens is 258 g/mol. The molecule has 1 aromatic rings. The van der Waals surface area contributed by atoms with Gasteiger partial charge in [-0.05, 0) is 5.56 Å². The molecule has 6 nitrogen and oxygen atoms in total.